The first-order valence-corrected chi connectivity index (χ1v) is 6.88. The molecule has 1 aromatic rings. The Labute approximate surface area is 108 Å². The summed E-state index contributed by atoms with van der Waals surface area (Å²) in [7, 11) is 0. The minimum absolute atomic E-state index is 0.175. The van der Waals surface area contributed by atoms with Crippen LogP contribution in [-0.4, -0.2) is 27.3 Å². The number of imidazole rings is 1. The van der Waals surface area contributed by atoms with E-state index in [9.17, 15) is 4.79 Å². The molecule has 1 aliphatic carbocycles. The SMILES string of the molecule is CC(C)CC(=O)N1CC2(CC2)CC1c1ncc[nH]1. The molecule has 1 N–H and O–H groups in total. The van der Waals surface area contributed by atoms with Crippen LogP contribution in [0.25, 0.3) is 0 Å². The predicted octanol–water partition coefficient (Wildman–Crippen LogP) is 2.51. The van der Waals surface area contributed by atoms with Gasteiger partial charge in [0.2, 0.25) is 5.91 Å². The highest BCUT2D eigenvalue weighted by Crippen LogP contribution is 2.58. The van der Waals surface area contributed by atoms with E-state index < -0.39 is 0 Å². The molecule has 98 valence electrons. The van der Waals surface area contributed by atoms with Crippen molar-refractivity contribution in [2.24, 2.45) is 11.3 Å². The van der Waals surface area contributed by atoms with E-state index in [1.54, 1.807) is 6.20 Å². The van der Waals surface area contributed by atoms with Crippen LogP contribution in [0.1, 0.15) is 51.4 Å². The smallest absolute Gasteiger partial charge is 0.223 e. The Morgan fingerprint density at radius 1 is 1.61 bits per heavy atom. The van der Waals surface area contributed by atoms with E-state index >= 15 is 0 Å². The summed E-state index contributed by atoms with van der Waals surface area (Å²) in [5, 5.41) is 0. The van der Waals surface area contributed by atoms with Gasteiger partial charge in [0.1, 0.15) is 5.82 Å². The van der Waals surface area contributed by atoms with E-state index in [-0.39, 0.29) is 11.9 Å². The molecule has 1 aromatic heterocycles. The fourth-order valence-electron chi connectivity index (χ4n) is 3.03. The third kappa shape index (κ3) is 2.04. The second kappa shape index (κ2) is 4.11. The first-order valence-electron chi connectivity index (χ1n) is 6.88. The molecule has 0 bridgehead atoms. The van der Waals surface area contributed by atoms with Crippen molar-refractivity contribution in [2.75, 3.05) is 6.54 Å². The summed E-state index contributed by atoms with van der Waals surface area (Å²) < 4.78 is 0. The van der Waals surface area contributed by atoms with Gasteiger partial charge >= 0.3 is 0 Å². The molecule has 4 nitrogen and oxygen atoms in total. The van der Waals surface area contributed by atoms with Crippen molar-refractivity contribution in [3.63, 3.8) is 0 Å². The monoisotopic (exact) mass is 247 g/mol. The lowest BCUT2D eigenvalue weighted by Crippen LogP contribution is -2.32. The number of carbonyl (C=O) groups excluding carboxylic acids is 1. The molecule has 1 aliphatic heterocycles. The number of amides is 1. The molecule has 1 unspecified atom stereocenters. The van der Waals surface area contributed by atoms with Crippen LogP contribution in [0.5, 0.6) is 0 Å². The van der Waals surface area contributed by atoms with Crippen LogP contribution in [0.2, 0.25) is 0 Å². The van der Waals surface area contributed by atoms with Gasteiger partial charge in [0.05, 0.1) is 6.04 Å². The molecule has 2 fully saturated rings. The summed E-state index contributed by atoms with van der Waals surface area (Å²) in [5.74, 6) is 1.66. The molecule has 3 rings (SSSR count). The normalized spacial score (nSPS) is 25.1. The quantitative estimate of drug-likeness (QED) is 0.892. The van der Waals surface area contributed by atoms with Crippen molar-refractivity contribution in [1.82, 2.24) is 14.9 Å². The van der Waals surface area contributed by atoms with Crippen molar-refractivity contribution in [1.29, 1.82) is 0 Å². The molecular weight excluding hydrogens is 226 g/mol. The molecule has 1 saturated carbocycles. The minimum Gasteiger partial charge on any atom is -0.347 e. The molecule has 4 heteroatoms. The number of aromatic amines is 1. The number of nitrogens with one attached hydrogen (secondary N) is 1. The van der Waals surface area contributed by atoms with Crippen LogP contribution >= 0.6 is 0 Å². The fourth-order valence-corrected chi connectivity index (χ4v) is 3.03. The van der Waals surface area contributed by atoms with Crippen molar-refractivity contribution in [3.8, 4) is 0 Å². The van der Waals surface area contributed by atoms with E-state index in [4.69, 9.17) is 0 Å². The maximum Gasteiger partial charge on any atom is 0.223 e. The second-order valence-electron chi connectivity index (χ2n) is 6.31. The Hall–Kier alpha value is -1.32. The Morgan fingerprint density at radius 3 is 2.94 bits per heavy atom. The maximum atomic E-state index is 12.4. The number of rotatable bonds is 3. The Morgan fingerprint density at radius 2 is 2.39 bits per heavy atom. The van der Waals surface area contributed by atoms with Gasteiger partial charge in [0.25, 0.3) is 0 Å². The van der Waals surface area contributed by atoms with Gasteiger partial charge in [-0.2, -0.15) is 0 Å². The van der Waals surface area contributed by atoms with Crippen LogP contribution in [0, 0.1) is 11.3 Å². The Balaban J connectivity index is 1.80. The predicted molar refractivity (Wildman–Crippen MR) is 68.8 cm³/mol. The molecule has 2 heterocycles. The lowest BCUT2D eigenvalue weighted by atomic mass is 10.0. The van der Waals surface area contributed by atoms with Gasteiger partial charge in [0.15, 0.2) is 0 Å². The van der Waals surface area contributed by atoms with E-state index in [0.29, 0.717) is 17.8 Å². The van der Waals surface area contributed by atoms with E-state index in [1.807, 2.05) is 6.20 Å². The van der Waals surface area contributed by atoms with Crippen LogP contribution in [0.4, 0.5) is 0 Å². The summed E-state index contributed by atoms with van der Waals surface area (Å²) in [4.78, 5) is 22.0. The highest BCUT2D eigenvalue weighted by atomic mass is 16.2. The number of aromatic nitrogens is 2. The molecule has 0 aromatic carbocycles. The summed E-state index contributed by atoms with van der Waals surface area (Å²) in [6.07, 6.45) is 7.90. The molecule has 2 aliphatic rings. The largest absolute Gasteiger partial charge is 0.347 e. The number of H-pyrrole nitrogens is 1. The number of nitrogens with zero attached hydrogens (tertiary/aromatic N) is 2. The Bertz CT molecular complexity index is 434. The highest BCUT2D eigenvalue weighted by Gasteiger charge is 2.54. The van der Waals surface area contributed by atoms with E-state index in [1.165, 1.54) is 12.8 Å². The first-order chi connectivity index (χ1) is 8.60. The average molecular weight is 247 g/mol. The van der Waals surface area contributed by atoms with Crippen LogP contribution < -0.4 is 0 Å². The van der Waals surface area contributed by atoms with E-state index in [0.717, 1.165) is 18.8 Å². The summed E-state index contributed by atoms with van der Waals surface area (Å²) in [6.45, 7) is 5.13. The third-order valence-electron chi connectivity index (χ3n) is 4.20. The topological polar surface area (TPSA) is 49.0 Å². The fraction of sp³-hybridized carbons (Fsp3) is 0.714. The number of hydrogen-bond donors (Lipinski definition) is 1. The van der Waals surface area contributed by atoms with Crippen molar-refractivity contribution in [2.45, 2.75) is 45.6 Å². The van der Waals surface area contributed by atoms with Gasteiger partial charge in [0, 0.05) is 25.4 Å². The lowest BCUT2D eigenvalue weighted by Gasteiger charge is -2.24. The van der Waals surface area contributed by atoms with Crippen molar-refractivity contribution < 1.29 is 4.79 Å². The van der Waals surface area contributed by atoms with Gasteiger partial charge in [-0.15, -0.1) is 0 Å². The zero-order valence-electron chi connectivity index (χ0n) is 11.1. The molecule has 18 heavy (non-hydrogen) atoms. The van der Waals surface area contributed by atoms with Crippen molar-refractivity contribution >= 4 is 5.91 Å². The molecule has 1 amide bonds. The average Bonchev–Trinajstić information content (AvgIpc) is 2.77. The maximum absolute atomic E-state index is 12.4. The number of carbonyl (C=O) groups is 1. The third-order valence-corrected chi connectivity index (χ3v) is 4.20. The summed E-state index contributed by atoms with van der Waals surface area (Å²) in [5.41, 5.74) is 0.421. The molecule has 1 spiro atoms. The zero-order chi connectivity index (χ0) is 12.8. The van der Waals surface area contributed by atoms with Crippen LogP contribution in [0.15, 0.2) is 12.4 Å². The van der Waals surface area contributed by atoms with Crippen LogP contribution in [-0.2, 0) is 4.79 Å². The highest BCUT2D eigenvalue weighted by molar-refractivity contribution is 5.77. The minimum atomic E-state index is 0.175. The zero-order valence-corrected chi connectivity index (χ0v) is 11.1. The van der Waals surface area contributed by atoms with Crippen LogP contribution in [0.3, 0.4) is 0 Å². The standard InChI is InChI=1S/C14H21N3O/c1-10(2)7-12(18)17-9-14(3-4-14)8-11(17)13-15-5-6-16-13/h5-6,10-11H,3-4,7-9H2,1-2H3,(H,15,16). The number of hydrogen-bond acceptors (Lipinski definition) is 2. The van der Waals surface area contributed by atoms with Gasteiger partial charge in [-0.3, -0.25) is 4.79 Å². The summed E-state index contributed by atoms with van der Waals surface area (Å²) in [6, 6.07) is 0.175. The van der Waals surface area contributed by atoms with E-state index in [2.05, 4.69) is 28.7 Å². The lowest BCUT2D eigenvalue weighted by molar-refractivity contribution is -0.133. The second-order valence-corrected chi connectivity index (χ2v) is 6.31. The molecular formula is C14H21N3O. The molecule has 1 saturated heterocycles. The van der Waals surface area contributed by atoms with Gasteiger partial charge < -0.3 is 9.88 Å². The molecule has 1 atom stereocenters. The van der Waals surface area contributed by atoms with Crippen molar-refractivity contribution in [3.05, 3.63) is 18.2 Å². The van der Waals surface area contributed by atoms with Gasteiger partial charge in [-0.1, -0.05) is 13.8 Å². The Kier molecular flexibility index (Phi) is 2.68. The van der Waals surface area contributed by atoms with Gasteiger partial charge in [-0.05, 0) is 30.6 Å². The first kappa shape index (κ1) is 11.8. The van der Waals surface area contributed by atoms with Gasteiger partial charge in [-0.25, -0.2) is 4.98 Å². The summed E-state index contributed by atoms with van der Waals surface area (Å²) >= 11 is 0. The number of likely N-dealkylation sites (tertiary alicyclic amines) is 1. The molecule has 0 radical (unpaired) electrons.